The quantitative estimate of drug-likeness (QED) is 0.280. The molecule has 2 aliphatic heterocycles. The van der Waals surface area contributed by atoms with Crippen LogP contribution in [0.5, 0.6) is 0 Å². The van der Waals surface area contributed by atoms with Gasteiger partial charge in [-0.25, -0.2) is 14.2 Å². The third kappa shape index (κ3) is 3.97. The van der Waals surface area contributed by atoms with Crippen molar-refractivity contribution < 1.29 is 27.9 Å². The summed E-state index contributed by atoms with van der Waals surface area (Å²) in [5.74, 6) is -2.21. The van der Waals surface area contributed by atoms with Crippen LogP contribution >= 0.6 is 0 Å². The number of urea groups is 1. The fourth-order valence-electron chi connectivity index (χ4n) is 4.63. The number of allylic oxidation sites excluding steroid dienone is 1. The molecule has 0 aliphatic carbocycles. The van der Waals surface area contributed by atoms with Gasteiger partial charge in [-0.1, -0.05) is 0 Å². The lowest BCUT2D eigenvalue weighted by Gasteiger charge is -2.29. The van der Waals surface area contributed by atoms with Crippen LogP contribution in [0.25, 0.3) is 22.2 Å². The maximum Gasteiger partial charge on any atom is 0.322 e. The van der Waals surface area contributed by atoms with Crippen LogP contribution in [0.3, 0.4) is 0 Å². The number of halogens is 1. The highest BCUT2D eigenvalue weighted by Gasteiger charge is 2.53. The Morgan fingerprint density at radius 2 is 2.00 bits per heavy atom. The van der Waals surface area contributed by atoms with Crippen molar-refractivity contribution in [3.05, 3.63) is 69.2 Å². The molecule has 5 rings (SSSR count). The van der Waals surface area contributed by atoms with Crippen molar-refractivity contribution in [3.63, 3.8) is 0 Å². The number of fused-ring (bicyclic) bond motifs is 1. The first-order chi connectivity index (χ1) is 18.0. The molecule has 38 heavy (non-hydrogen) atoms. The van der Waals surface area contributed by atoms with Crippen molar-refractivity contribution in [1.29, 1.82) is 0 Å². The molecule has 0 saturated carbocycles. The number of nitrogens with two attached hydrogens (primary N) is 1. The van der Waals surface area contributed by atoms with Crippen LogP contribution in [0.2, 0.25) is 0 Å². The van der Waals surface area contributed by atoms with E-state index in [1.54, 1.807) is 31.2 Å². The Hall–Kier alpha value is -4.94. The van der Waals surface area contributed by atoms with E-state index in [-0.39, 0.29) is 36.1 Å². The van der Waals surface area contributed by atoms with E-state index in [0.717, 1.165) is 0 Å². The number of imide groups is 1. The molecule has 12 nitrogen and oxygen atoms in total. The van der Waals surface area contributed by atoms with Crippen molar-refractivity contribution in [2.75, 3.05) is 25.9 Å². The number of hydrogen-bond donors (Lipinski definition) is 4. The summed E-state index contributed by atoms with van der Waals surface area (Å²) < 4.78 is 25.8. The third-order valence-corrected chi connectivity index (χ3v) is 6.55. The highest BCUT2D eigenvalue weighted by molar-refractivity contribution is 6.08. The van der Waals surface area contributed by atoms with Gasteiger partial charge in [0.15, 0.2) is 11.4 Å². The van der Waals surface area contributed by atoms with Crippen LogP contribution in [0, 0.1) is 0 Å². The minimum atomic E-state index is -1.77. The zero-order valence-corrected chi connectivity index (χ0v) is 20.6. The second-order valence-electron chi connectivity index (χ2n) is 9.08. The predicted octanol–water partition coefficient (Wildman–Crippen LogP) is 1.81. The molecule has 4 amide bonds. The number of carbonyl (C=O) groups excluding carboxylic acids is 3. The molecule has 0 spiro atoms. The molecule has 1 unspecified atom stereocenters. The number of amides is 4. The van der Waals surface area contributed by atoms with Crippen LogP contribution in [-0.4, -0.2) is 52.9 Å². The van der Waals surface area contributed by atoms with Gasteiger partial charge in [0, 0.05) is 23.6 Å². The smallest absolute Gasteiger partial charge is 0.322 e. The summed E-state index contributed by atoms with van der Waals surface area (Å²) in [4.78, 5) is 58.1. The van der Waals surface area contributed by atoms with Gasteiger partial charge in [0.25, 0.3) is 17.4 Å². The average molecular weight is 522 g/mol. The number of aromatic amines is 1. The second kappa shape index (κ2) is 8.87. The molecule has 1 atom stereocenters. The number of furan rings is 1. The highest BCUT2D eigenvalue weighted by Crippen LogP contribution is 2.36. The summed E-state index contributed by atoms with van der Waals surface area (Å²) in [5, 5.41) is 5.32. The predicted molar refractivity (Wildman–Crippen MR) is 133 cm³/mol. The van der Waals surface area contributed by atoms with E-state index in [2.05, 4.69) is 20.6 Å². The van der Waals surface area contributed by atoms with E-state index in [9.17, 15) is 23.6 Å². The van der Waals surface area contributed by atoms with Gasteiger partial charge in [-0.05, 0) is 43.7 Å². The van der Waals surface area contributed by atoms with Crippen molar-refractivity contribution in [3.8, 4) is 11.3 Å². The van der Waals surface area contributed by atoms with Crippen molar-refractivity contribution in [1.82, 2.24) is 25.5 Å². The van der Waals surface area contributed by atoms with Crippen LogP contribution in [0.15, 0.2) is 62.3 Å². The van der Waals surface area contributed by atoms with Gasteiger partial charge in [-0.15, -0.1) is 0 Å². The van der Waals surface area contributed by atoms with Crippen molar-refractivity contribution >= 4 is 34.8 Å². The highest BCUT2D eigenvalue weighted by atomic mass is 19.1. The lowest BCUT2D eigenvalue weighted by atomic mass is 9.95. The third-order valence-electron chi connectivity index (χ3n) is 6.55. The molecule has 2 aliphatic rings. The van der Waals surface area contributed by atoms with Gasteiger partial charge in [-0.3, -0.25) is 24.7 Å². The number of methoxy groups -OCH3 is 1. The summed E-state index contributed by atoms with van der Waals surface area (Å²) >= 11 is 0. The molecular weight excluding hydrogens is 499 g/mol. The van der Waals surface area contributed by atoms with E-state index in [4.69, 9.17) is 14.9 Å². The number of H-pyrrole nitrogens is 1. The molecule has 1 fully saturated rings. The van der Waals surface area contributed by atoms with Crippen molar-refractivity contribution in [2.24, 2.45) is 0 Å². The molecule has 0 radical (unpaired) electrons. The average Bonchev–Trinajstić information content (AvgIpc) is 3.50. The molecule has 2 aromatic heterocycles. The number of carbonyl (C=O) groups is 3. The first-order valence-electron chi connectivity index (χ1n) is 11.5. The van der Waals surface area contributed by atoms with Gasteiger partial charge in [0.2, 0.25) is 5.95 Å². The van der Waals surface area contributed by atoms with Gasteiger partial charge < -0.3 is 25.1 Å². The fraction of sp³-hybridized carbons (Fsp3) is 0.240. The maximum atomic E-state index is 14.9. The van der Waals surface area contributed by atoms with Crippen molar-refractivity contribution in [2.45, 2.75) is 19.4 Å². The van der Waals surface area contributed by atoms with Crippen LogP contribution in [0.1, 0.15) is 19.6 Å². The lowest BCUT2D eigenvalue weighted by molar-refractivity contribution is -0.130. The van der Waals surface area contributed by atoms with Gasteiger partial charge in [0.1, 0.15) is 17.1 Å². The Bertz CT molecular complexity index is 1650. The SMILES string of the molecule is COC(C)=C(F)C1=C(C)CN(CC2(c3cc4cc(-c5cc(=O)[nH]c(N)n5)ccc4o3)NC(=O)NC2=O)C1=O. The first kappa shape index (κ1) is 24.7. The van der Waals surface area contributed by atoms with E-state index in [1.165, 1.54) is 25.0 Å². The number of nitrogen functional groups attached to an aromatic ring is 1. The zero-order valence-electron chi connectivity index (χ0n) is 20.6. The Morgan fingerprint density at radius 1 is 1.24 bits per heavy atom. The minimum absolute atomic E-state index is 0.0313. The molecule has 1 saturated heterocycles. The first-order valence-corrected chi connectivity index (χ1v) is 11.5. The number of rotatable bonds is 6. The number of benzene rings is 1. The largest absolute Gasteiger partial charge is 0.498 e. The number of hydrogen-bond acceptors (Lipinski definition) is 8. The van der Waals surface area contributed by atoms with Crippen LogP contribution in [0.4, 0.5) is 15.1 Å². The summed E-state index contributed by atoms with van der Waals surface area (Å²) in [6, 6.07) is 7.04. The molecule has 4 heterocycles. The van der Waals surface area contributed by atoms with E-state index >= 15 is 0 Å². The molecular formula is C25H23FN6O6. The molecule has 196 valence electrons. The Kier molecular flexibility index (Phi) is 5.77. The van der Waals surface area contributed by atoms with E-state index < -0.39 is 34.8 Å². The number of ether oxygens (including phenoxy) is 1. The monoisotopic (exact) mass is 522 g/mol. The Morgan fingerprint density at radius 3 is 2.66 bits per heavy atom. The van der Waals surface area contributed by atoms with Crippen LogP contribution in [-0.2, 0) is 19.9 Å². The second-order valence-corrected chi connectivity index (χ2v) is 9.08. The Labute approximate surface area is 214 Å². The molecule has 5 N–H and O–H groups in total. The summed E-state index contributed by atoms with van der Waals surface area (Å²) in [7, 11) is 1.29. The molecule has 1 aromatic carbocycles. The zero-order chi connectivity index (χ0) is 27.4. The Balaban J connectivity index is 1.53. The molecule has 0 bridgehead atoms. The molecule has 3 aromatic rings. The summed E-state index contributed by atoms with van der Waals surface area (Å²) in [5.41, 5.74) is 5.03. The van der Waals surface area contributed by atoms with Crippen LogP contribution < -0.4 is 21.9 Å². The maximum absolute atomic E-state index is 14.9. The standard InChI is InChI=1S/C25H23FN6O6/c1-11-9-32(21(34)19(11)20(26)12(2)37-3)10-25(22(35)30-24(36)31-25)17-7-14-6-13(4-5-16(14)38-17)15-8-18(33)29-23(27)28-15/h4-8H,9-10H2,1-3H3,(H3,27,28,29,33)(H2,30,31,35,36). The van der Waals surface area contributed by atoms with Gasteiger partial charge in [0.05, 0.1) is 24.9 Å². The minimum Gasteiger partial charge on any atom is -0.498 e. The van der Waals surface area contributed by atoms with Gasteiger partial charge in [-0.2, -0.15) is 0 Å². The normalized spacial score (nSPS) is 20.2. The number of aromatic nitrogens is 2. The van der Waals surface area contributed by atoms with Gasteiger partial charge >= 0.3 is 6.03 Å². The number of nitrogens with zero attached hydrogens (tertiary/aromatic N) is 2. The van der Waals surface area contributed by atoms with E-state index in [1.807, 2.05) is 0 Å². The number of nitrogens with one attached hydrogen (secondary N) is 3. The number of anilines is 1. The lowest BCUT2D eigenvalue weighted by Crippen LogP contribution is -2.53. The topological polar surface area (TPSA) is 173 Å². The fourth-order valence-corrected chi connectivity index (χ4v) is 4.63. The summed E-state index contributed by atoms with van der Waals surface area (Å²) in [6.07, 6.45) is 0. The molecule has 13 heteroatoms. The summed E-state index contributed by atoms with van der Waals surface area (Å²) in [6.45, 7) is 2.72. The van der Waals surface area contributed by atoms with E-state index in [0.29, 0.717) is 27.8 Å².